The number of nitrogens with zero attached hydrogens (tertiary/aromatic N) is 3. The molecule has 0 aliphatic heterocycles. The van der Waals surface area contributed by atoms with E-state index in [0.717, 1.165) is 41.6 Å². The van der Waals surface area contributed by atoms with Crippen LogP contribution in [0.15, 0.2) is 55.0 Å². The highest BCUT2D eigenvalue weighted by Crippen LogP contribution is 2.34. The van der Waals surface area contributed by atoms with Crippen LogP contribution in [0.1, 0.15) is 66.7 Å². The summed E-state index contributed by atoms with van der Waals surface area (Å²) in [6, 6.07) is 14.4. The Kier molecular flexibility index (Phi) is 5.00. The van der Waals surface area contributed by atoms with Gasteiger partial charge in [-0.3, -0.25) is 9.89 Å². The number of aryl methyl sites for hydroxylation is 1. The summed E-state index contributed by atoms with van der Waals surface area (Å²) >= 11 is 0. The molecule has 162 valence electrons. The van der Waals surface area contributed by atoms with Gasteiger partial charge in [-0.15, -0.1) is 0 Å². The Labute approximate surface area is 187 Å². The predicted octanol–water partition coefficient (Wildman–Crippen LogP) is 5.12. The molecule has 4 aromatic rings. The Morgan fingerprint density at radius 3 is 2.69 bits per heavy atom. The highest BCUT2D eigenvalue weighted by atomic mass is 16.1. The van der Waals surface area contributed by atoms with E-state index >= 15 is 0 Å². The van der Waals surface area contributed by atoms with Crippen molar-refractivity contribution in [3.8, 4) is 11.3 Å². The number of fused-ring (bicyclic) bond motifs is 2. The quantitative estimate of drug-likeness (QED) is 0.477. The summed E-state index contributed by atoms with van der Waals surface area (Å²) in [6.07, 6.45) is 6.30. The molecule has 1 unspecified atom stereocenters. The highest BCUT2D eigenvalue weighted by molar-refractivity contribution is 5.94. The summed E-state index contributed by atoms with van der Waals surface area (Å²) in [6.45, 7) is 6.52. The molecule has 0 bridgehead atoms. The summed E-state index contributed by atoms with van der Waals surface area (Å²) in [5, 5.41) is 11.2. The first-order chi connectivity index (χ1) is 15.4. The topological polar surface area (TPSA) is 83.6 Å². The first-order valence-corrected chi connectivity index (χ1v) is 11.1. The number of rotatable bonds is 3. The molecular formula is C26H27N5O. The SMILES string of the molecule is CC(C)(C)c1ccc(C(=O)NC2CCCc3cc(-c4ncnc5[nH]ncc45)ccc32)cc1. The number of aromatic amines is 1. The summed E-state index contributed by atoms with van der Waals surface area (Å²) in [5.41, 5.74) is 7.09. The monoisotopic (exact) mass is 425 g/mol. The summed E-state index contributed by atoms with van der Waals surface area (Å²) in [7, 11) is 0. The maximum Gasteiger partial charge on any atom is 0.251 e. The fraction of sp³-hybridized carbons (Fsp3) is 0.308. The largest absolute Gasteiger partial charge is 0.345 e. The molecule has 0 spiro atoms. The number of aromatic nitrogens is 4. The molecule has 2 aromatic carbocycles. The number of carbonyl (C=O) groups is 1. The molecule has 5 rings (SSSR count). The summed E-state index contributed by atoms with van der Waals surface area (Å²) in [4.78, 5) is 21.7. The van der Waals surface area contributed by atoms with Gasteiger partial charge in [0.2, 0.25) is 0 Å². The Morgan fingerprint density at radius 1 is 1.09 bits per heavy atom. The van der Waals surface area contributed by atoms with Crippen molar-refractivity contribution in [1.29, 1.82) is 0 Å². The Bertz CT molecular complexity index is 1280. The lowest BCUT2D eigenvalue weighted by Crippen LogP contribution is -2.31. The van der Waals surface area contributed by atoms with E-state index < -0.39 is 0 Å². The maximum absolute atomic E-state index is 13.0. The number of benzene rings is 2. The van der Waals surface area contributed by atoms with Crippen LogP contribution in [0.25, 0.3) is 22.3 Å². The van der Waals surface area contributed by atoms with Crippen LogP contribution < -0.4 is 5.32 Å². The second-order valence-corrected chi connectivity index (χ2v) is 9.51. The number of hydrogen-bond acceptors (Lipinski definition) is 4. The average molecular weight is 426 g/mol. The minimum Gasteiger partial charge on any atom is -0.345 e. The number of hydrogen-bond donors (Lipinski definition) is 2. The number of nitrogens with one attached hydrogen (secondary N) is 2. The number of amides is 1. The molecule has 1 amide bonds. The van der Waals surface area contributed by atoms with E-state index in [1.807, 2.05) is 24.3 Å². The van der Waals surface area contributed by atoms with E-state index in [4.69, 9.17) is 0 Å². The Hall–Kier alpha value is -3.54. The average Bonchev–Trinajstić information content (AvgIpc) is 3.27. The van der Waals surface area contributed by atoms with Gasteiger partial charge in [-0.25, -0.2) is 9.97 Å². The lowest BCUT2D eigenvalue weighted by atomic mass is 9.85. The third-order valence-corrected chi connectivity index (χ3v) is 6.30. The van der Waals surface area contributed by atoms with E-state index in [9.17, 15) is 4.79 Å². The molecule has 1 aliphatic rings. The van der Waals surface area contributed by atoms with E-state index in [2.05, 4.69) is 64.5 Å². The zero-order chi connectivity index (χ0) is 22.3. The van der Waals surface area contributed by atoms with Gasteiger partial charge in [0.25, 0.3) is 5.91 Å². The second kappa shape index (κ2) is 7.86. The molecular weight excluding hydrogens is 398 g/mol. The Balaban J connectivity index is 1.39. The molecule has 2 N–H and O–H groups in total. The van der Waals surface area contributed by atoms with Gasteiger partial charge in [0, 0.05) is 11.1 Å². The van der Waals surface area contributed by atoms with Crippen molar-refractivity contribution in [2.75, 3.05) is 0 Å². The smallest absolute Gasteiger partial charge is 0.251 e. The zero-order valence-electron chi connectivity index (χ0n) is 18.6. The van der Waals surface area contributed by atoms with E-state index in [1.165, 1.54) is 16.7 Å². The van der Waals surface area contributed by atoms with Crippen LogP contribution in [-0.4, -0.2) is 26.1 Å². The molecule has 1 atom stereocenters. The van der Waals surface area contributed by atoms with Gasteiger partial charge in [0.05, 0.1) is 23.3 Å². The first-order valence-electron chi connectivity index (χ1n) is 11.1. The Morgan fingerprint density at radius 2 is 1.91 bits per heavy atom. The fourth-order valence-electron chi connectivity index (χ4n) is 4.47. The minimum absolute atomic E-state index is 0.0157. The molecule has 32 heavy (non-hydrogen) atoms. The molecule has 1 aliphatic carbocycles. The van der Waals surface area contributed by atoms with Crippen molar-refractivity contribution < 1.29 is 4.79 Å². The third-order valence-electron chi connectivity index (χ3n) is 6.30. The lowest BCUT2D eigenvalue weighted by molar-refractivity contribution is 0.0932. The fourth-order valence-corrected chi connectivity index (χ4v) is 4.47. The van der Waals surface area contributed by atoms with Crippen LogP contribution in [0.5, 0.6) is 0 Å². The highest BCUT2D eigenvalue weighted by Gasteiger charge is 2.23. The standard InChI is InChI=1S/C26H27N5O/c1-26(2,3)19-10-7-16(8-11-19)25(32)30-22-6-4-5-17-13-18(9-12-20(17)22)23-21-14-29-31-24(21)28-15-27-23/h7-15,22H,4-6H2,1-3H3,(H,30,32)(H,27,28,29,31). The van der Waals surface area contributed by atoms with E-state index in [0.29, 0.717) is 5.56 Å². The normalized spacial score (nSPS) is 16.0. The molecule has 6 nitrogen and oxygen atoms in total. The van der Waals surface area contributed by atoms with Crippen LogP contribution in [0.3, 0.4) is 0 Å². The molecule has 0 radical (unpaired) electrons. The van der Waals surface area contributed by atoms with Gasteiger partial charge in [0.1, 0.15) is 6.33 Å². The van der Waals surface area contributed by atoms with Gasteiger partial charge >= 0.3 is 0 Å². The van der Waals surface area contributed by atoms with Crippen molar-refractivity contribution in [3.63, 3.8) is 0 Å². The van der Waals surface area contributed by atoms with Crippen molar-refractivity contribution in [1.82, 2.24) is 25.5 Å². The van der Waals surface area contributed by atoms with Crippen LogP contribution in [-0.2, 0) is 11.8 Å². The van der Waals surface area contributed by atoms with Gasteiger partial charge < -0.3 is 5.32 Å². The van der Waals surface area contributed by atoms with Gasteiger partial charge in [-0.05, 0) is 59.6 Å². The van der Waals surface area contributed by atoms with Gasteiger partial charge in [-0.2, -0.15) is 5.10 Å². The molecule has 2 heterocycles. The predicted molar refractivity (Wildman–Crippen MR) is 125 cm³/mol. The van der Waals surface area contributed by atoms with E-state index in [-0.39, 0.29) is 17.4 Å². The lowest BCUT2D eigenvalue weighted by Gasteiger charge is -2.27. The number of H-pyrrole nitrogens is 1. The third kappa shape index (κ3) is 3.77. The van der Waals surface area contributed by atoms with Crippen LogP contribution in [0.2, 0.25) is 0 Å². The molecule has 0 saturated carbocycles. The maximum atomic E-state index is 13.0. The van der Waals surface area contributed by atoms with Crippen molar-refractivity contribution in [2.24, 2.45) is 0 Å². The first kappa shape index (κ1) is 20.4. The van der Waals surface area contributed by atoms with Crippen molar-refractivity contribution in [3.05, 3.63) is 77.2 Å². The van der Waals surface area contributed by atoms with Crippen LogP contribution >= 0.6 is 0 Å². The number of carbonyl (C=O) groups excluding carboxylic acids is 1. The van der Waals surface area contributed by atoms with Crippen LogP contribution in [0.4, 0.5) is 0 Å². The van der Waals surface area contributed by atoms with E-state index in [1.54, 1.807) is 12.5 Å². The zero-order valence-corrected chi connectivity index (χ0v) is 18.6. The summed E-state index contributed by atoms with van der Waals surface area (Å²) in [5.74, 6) is -0.0247. The van der Waals surface area contributed by atoms with Crippen molar-refractivity contribution in [2.45, 2.75) is 51.5 Å². The van der Waals surface area contributed by atoms with Crippen molar-refractivity contribution >= 4 is 16.9 Å². The molecule has 6 heteroatoms. The molecule has 0 saturated heterocycles. The van der Waals surface area contributed by atoms with Gasteiger partial charge in [0.15, 0.2) is 5.65 Å². The molecule has 2 aromatic heterocycles. The minimum atomic E-state index is -0.0247. The summed E-state index contributed by atoms with van der Waals surface area (Å²) < 4.78 is 0. The second-order valence-electron chi connectivity index (χ2n) is 9.51. The van der Waals surface area contributed by atoms with Crippen LogP contribution in [0, 0.1) is 0 Å². The molecule has 0 fully saturated rings. The van der Waals surface area contributed by atoms with Gasteiger partial charge in [-0.1, -0.05) is 45.0 Å².